The summed E-state index contributed by atoms with van der Waals surface area (Å²) in [6.45, 7) is 3.47. The molecule has 1 heterocycles. The fraction of sp³-hybridized carbons (Fsp3) is 0.158. The molecule has 2 N–H and O–H groups in total. The highest BCUT2D eigenvalue weighted by molar-refractivity contribution is 6.06. The molecule has 3 aromatic rings. The molecule has 0 saturated carbocycles. The number of aromatic nitrogens is 1. The van der Waals surface area contributed by atoms with E-state index in [0.29, 0.717) is 17.1 Å². The van der Waals surface area contributed by atoms with E-state index < -0.39 is 0 Å². The molecule has 0 fully saturated rings. The molecular weight excluding hydrogens is 302 g/mol. The van der Waals surface area contributed by atoms with Crippen LogP contribution in [0.25, 0.3) is 10.9 Å². The lowest BCUT2D eigenvalue weighted by atomic mass is 10.2. The first kappa shape index (κ1) is 15.8. The van der Waals surface area contributed by atoms with Crippen LogP contribution >= 0.6 is 0 Å². The molecule has 2 amide bonds. The summed E-state index contributed by atoms with van der Waals surface area (Å²) in [7, 11) is 1.88. The fourth-order valence-electron chi connectivity index (χ4n) is 2.76. The van der Waals surface area contributed by atoms with Crippen LogP contribution < -0.4 is 10.6 Å². The van der Waals surface area contributed by atoms with Crippen LogP contribution in [0.5, 0.6) is 0 Å². The third-order valence-corrected chi connectivity index (χ3v) is 3.87. The van der Waals surface area contributed by atoms with Crippen LogP contribution in [0.1, 0.15) is 23.0 Å². The number of carbonyl (C=O) groups is 2. The van der Waals surface area contributed by atoms with Gasteiger partial charge in [-0.25, -0.2) is 0 Å². The van der Waals surface area contributed by atoms with Gasteiger partial charge in [-0.1, -0.05) is 17.7 Å². The van der Waals surface area contributed by atoms with Crippen molar-refractivity contribution in [3.05, 3.63) is 59.8 Å². The van der Waals surface area contributed by atoms with Crippen molar-refractivity contribution in [1.82, 2.24) is 4.57 Å². The maximum Gasteiger partial charge on any atom is 0.272 e. The maximum atomic E-state index is 12.6. The molecule has 122 valence electrons. The summed E-state index contributed by atoms with van der Waals surface area (Å²) in [5, 5.41) is 6.62. The first-order valence-electron chi connectivity index (χ1n) is 7.69. The van der Waals surface area contributed by atoms with Crippen LogP contribution in [-0.4, -0.2) is 16.4 Å². The molecule has 0 radical (unpaired) electrons. The summed E-state index contributed by atoms with van der Waals surface area (Å²) in [4.78, 5) is 23.7. The number of hydrogen-bond donors (Lipinski definition) is 2. The Labute approximate surface area is 140 Å². The van der Waals surface area contributed by atoms with E-state index in [0.717, 1.165) is 16.5 Å². The van der Waals surface area contributed by atoms with E-state index in [4.69, 9.17) is 0 Å². The van der Waals surface area contributed by atoms with Crippen molar-refractivity contribution in [2.24, 2.45) is 7.05 Å². The van der Waals surface area contributed by atoms with Gasteiger partial charge >= 0.3 is 0 Å². The maximum absolute atomic E-state index is 12.6. The fourth-order valence-corrected chi connectivity index (χ4v) is 2.76. The molecule has 5 nitrogen and oxygen atoms in total. The SMILES string of the molecule is CC(=O)Nc1cccc(NC(=O)c2cc3cc(C)ccc3n2C)c1. The number of nitrogens with zero attached hydrogens (tertiary/aromatic N) is 1. The van der Waals surface area contributed by atoms with Crippen molar-refractivity contribution < 1.29 is 9.59 Å². The molecule has 1 aromatic heterocycles. The van der Waals surface area contributed by atoms with Crippen molar-refractivity contribution in [2.45, 2.75) is 13.8 Å². The van der Waals surface area contributed by atoms with Gasteiger partial charge in [-0.05, 0) is 43.3 Å². The lowest BCUT2D eigenvalue weighted by Crippen LogP contribution is -2.15. The Balaban J connectivity index is 1.87. The summed E-state index contributed by atoms with van der Waals surface area (Å²) in [6, 6.07) is 15.1. The average molecular weight is 321 g/mol. The largest absolute Gasteiger partial charge is 0.340 e. The zero-order valence-electron chi connectivity index (χ0n) is 13.9. The minimum absolute atomic E-state index is 0.150. The molecule has 3 rings (SSSR count). The van der Waals surface area contributed by atoms with Gasteiger partial charge in [-0.15, -0.1) is 0 Å². The quantitative estimate of drug-likeness (QED) is 0.772. The van der Waals surface area contributed by atoms with Crippen LogP contribution in [0.2, 0.25) is 0 Å². The first-order chi connectivity index (χ1) is 11.4. The molecule has 0 bridgehead atoms. The van der Waals surface area contributed by atoms with E-state index in [1.807, 2.05) is 36.7 Å². The van der Waals surface area contributed by atoms with Crippen molar-refractivity contribution in [1.29, 1.82) is 0 Å². The second-order valence-corrected chi connectivity index (χ2v) is 5.87. The minimum atomic E-state index is -0.189. The summed E-state index contributed by atoms with van der Waals surface area (Å²) in [6.07, 6.45) is 0. The van der Waals surface area contributed by atoms with E-state index in [9.17, 15) is 9.59 Å². The Hall–Kier alpha value is -3.08. The van der Waals surface area contributed by atoms with Crippen LogP contribution in [0.3, 0.4) is 0 Å². The zero-order valence-corrected chi connectivity index (χ0v) is 13.9. The molecule has 0 unspecified atom stereocenters. The second kappa shape index (κ2) is 6.20. The van der Waals surface area contributed by atoms with E-state index >= 15 is 0 Å². The number of hydrogen-bond acceptors (Lipinski definition) is 2. The van der Waals surface area contributed by atoms with Gasteiger partial charge in [0.2, 0.25) is 5.91 Å². The summed E-state index contributed by atoms with van der Waals surface area (Å²) in [5.41, 5.74) is 4.03. The van der Waals surface area contributed by atoms with E-state index in [1.165, 1.54) is 6.92 Å². The standard InChI is InChI=1S/C19H19N3O2/c1-12-7-8-17-14(9-12)10-18(22(17)3)19(24)21-16-6-4-5-15(11-16)20-13(2)23/h4-11H,1-3H3,(H,20,23)(H,21,24). The number of amides is 2. The molecule has 5 heteroatoms. The Morgan fingerprint density at radius 3 is 2.38 bits per heavy atom. The van der Waals surface area contributed by atoms with Gasteiger partial charge < -0.3 is 15.2 Å². The monoisotopic (exact) mass is 321 g/mol. The van der Waals surface area contributed by atoms with Gasteiger partial charge in [-0.2, -0.15) is 0 Å². The van der Waals surface area contributed by atoms with Gasteiger partial charge in [0.05, 0.1) is 0 Å². The van der Waals surface area contributed by atoms with Crippen LogP contribution in [0, 0.1) is 6.92 Å². The Morgan fingerprint density at radius 1 is 0.958 bits per heavy atom. The van der Waals surface area contributed by atoms with Crippen LogP contribution in [0.15, 0.2) is 48.5 Å². The van der Waals surface area contributed by atoms with Crippen LogP contribution in [-0.2, 0) is 11.8 Å². The molecular formula is C19H19N3O2. The van der Waals surface area contributed by atoms with E-state index in [1.54, 1.807) is 24.3 Å². The number of fused-ring (bicyclic) bond motifs is 1. The van der Waals surface area contributed by atoms with Gasteiger partial charge in [-0.3, -0.25) is 9.59 Å². The molecule has 0 atom stereocenters. The van der Waals surface area contributed by atoms with E-state index in [2.05, 4.69) is 16.7 Å². The third-order valence-electron chi connectivity index (χ3n) is 3.87. The highest BCUT2D eigenvalue weighted by Crippen LogP contribution is 2.22. The predicted octanol–water partition coefficient (Wildman–Crippen LogP) is 3.70. The summed E-state index contributed by atoms with van der Waals surface area (Å²) in [5.74, 6) is -0.339. The number of anilines is 2. The molecule has 0 spiro atoms. The molecule has 0 aliphatic heterocycles. The Bertz CT molecular complexity index is 941. The lowest BCUT2D eigenvalue weighted by molar-refractivity contribution is -0.114. The summed E-state index contributed by atoms with van der Waals surface area (Å²) < 4.78 is 1.88. The number of rotatable bonds is 3. The molecule has 2 aromatic carbocycles. The Morgan fingerprint density at radius 2 is 1.67 bits per heavy atom. The molecule has 0 saturated heterocycles. The highest BCUT2D eigenvalue weighted by atomic mass is 16.2. The van der Waals surface area contributed by atoms with Crippen molar-refractivity contribution in [3.63, 3.8) is 0 Å². The topological polar surface area (TPSA) is 63.1 Å². The minimum Gasteiger partial charge on any atom is -0.340 e. The van der Waals surface area contributed by atoms with Crippen molar-refractivity contribution in [3.8, 4) is 0 Å². The number of aryl methyl sites for hydroxylation is 2. The van der Waals surface area contributed by atoms with Crippen molar-refractivity contribution >= 4 is 34.1 Å². The Kier molecular flexibility index (Phi) is 4.08. The third kappa shape index (κ3) is 3.15. The zero-order chi connectivity index (χ0) is 17.3. The van der Waals surface area contributed by atoms with Gasteiger partial charge in [0, 0.05) is 36.2 Å². The highest BCUT2D eigenvalue weighted by Gasteiger charge is 2.13. The number of benzene rings is 2. The number of nitrogens with one attached hydrogen (secondary N) is 2. The molecule has 0 aliphatic carbocycles. The van der Waals surface area contributed by atoms with Gasteiger partial charge in [0.1, 0.15) is 5.69 Å². The van der Waals surface area contributed by atoms with Crippen LogP contribution in [0.4, 0.5) is 11.4 Å². The van der Waals surface area contributed by atoms with E-state index in [-0.39, 0.29) is 11.8 Å². The summed E-state index contributed by atoms with van der Waals surface area (Å²) >= 11 is 0. The molecule has 0 aliphatic rings. The molecule has 24 heavy (non-hydrogen) atoms. The number of carbonyl (C=O) groups excluding carboxylic acids is 2. The average Bonchev–Trinajstić information content (AvgIpc) is 2.83. The predicted molar refractivity (Wildman–Crippen MR) is 96.4 cm³/mol. The first-order valence-corrected chi connectivity index (χ1v) is 7.69. The van der Waals surface area contributed by atoms with Gasteiger partial charge in [0.15, 0.2) is 0 Å². The lowest BCUT2D eigenvalue weighted by Gasteiger charge is -2.08. The normalized spacial score (nSPS) is 10.6. The van der Waals surface area contributed by atoms with Gasteiger partial charge in [0.25, 0.3) is 5.91 Å². The smallest absolute Gasteiger partial charge is 0.272 e. The second-order valence-electron chi connectivity index (χ2n) is 5.87. The van der Waals surface area contributed by atoms with Crippen molar-refractivity contribution in [2.75, 3.05) is 10.6 Å².